The van der Waals surface area contributed by atoms with E-state index in [1.165, 1.54) is 0 Å². The maximum Gasteiger partial charge on any atom is 0.410 e. The standard InChI is InChI=1S/C17H27N3O3/c1-17(2,3)23-16(21)20-8-4-5-14(20)12-22-15-9-13(6-7-18)10-19-11-15/h9-11,14H,4-8,12,18H2,1-3H3/t14-/m0/s1. The number of nitrogens with two attached hydrogens (primary N) is 1. The Hall–Kier alpha value is -1.82. The van der Waals surface area contributed by atoms with Crippen molar-refractivity contribution in [3.05, 3.63) is 24.0 Å². The molecule has 0 radical (unpaired) electrons. The van der Waals surface area contributed by atoms with Gasteiger partial charge in [0.05, 0.1) is 12.2 Å². The van der Waals surface area contributed by atoms with Crippen molar-refractivity contribution in [3.8, 4) is 5.75 Å². The van der Waals surface area contributed by atoms with Crippen LogP contribution in [-0.2, 0) is 11.2 Å². The van der Waals surface area contributed by atoms with Gasteiger partial charge >= 0.3 is 6.09 Å². The predicted octanol–water partition coefficient (Wildman–Crippen LogP) is 2.36. The van der Waals surface area contributed by atoms with Gasteiger partial charge < -0.3 is 20.1 Å². The molecule has 1 aromatic heterocycles. The maximum absolute atomic E-state index is 12.2. The lowest BCUT2D eigenvalue weighted by Gasteiger charge is -2.28. The molecule has 0 saturated carbocycles. The normalized spacial score (nSPS) is 18.1. The van der Waals surface area contributed by atoms with E-state index in [0.717, 1.165) is 24.8 Å². The van der Waals surface area contributed by atoms with Crippen LogP contribution < -0.4 is 10.5 Å². The molecule has 1 atom stereocenters. The first-order valence-corrected chi connectivity index (χ1v) is 8.15. The van der Waals surface area contributed by atoms with Crippen LogP contribution in [-0.4, -0.2) is 47.3 Å². The molecule has 0 bridgehead atoms. The number of carbonyl (C=O) groups excluding carboxylic acids is 1. The van der Waals surface area contributed by atoms with Gasteiger partial charge in [0, 0.05) is 12.7 Å². The number of pyridine rings is 1. The summed E-state index contributed by atoms with van der Waals surface area (Å²) in [6.07, 6.45) is 5.89. The van der Waals surface area contributed by atoms with Crippen LogP contribution in [0.15, 0.2) is 18.5 Å². The number of carbonyl (C=O) groups is 1. The molecule has 0 aromatic carbocycles. The highest BCUT2D eigenvalue weighted by Gasteiger charge is 2.32. The van der Waals surface area contributed by atoms with Crippen molar-refractivity contribution in [2.75, 3.05) is 19.7 Å². The second-order valence-corrected chi connectivity index (χ2v) is 6.85. The second-order valence-electron chi connectivity index (χ2n) is 6.85. The van der Waals surface area contributed by atoms with E-state index in [2.05, 4.69) is 4.98 Å². The monoisotopic (exact) mass is 321 g/mol. The summed E-state index contributed by atoms with van der Waals surface area (Å²) in [5, 5.41) is 0. The molecule has 0 spiro atoms. The number of likely N-dealkylation sites (tertiary alicyclic amines) is 1. The largest absolute Gasteiger partial charge is 0.490 e. The Morgan fingerprint density at radius 3 is 2.91 bits per heavy atom. The average molecular weight is 321 g/mol. The number of amides is 1. The predicted molar refractivity (Wildman–Crippen MR) is 88.5 cm³/mol. The van der Waals surface area contributed by atoms with Crippen LogP contribution in [0, 0.1) is 0 Å². The lowest BCUT2D eigenvalue weighted by atomic mass is 10.2. The molecule has 1 amide bonds. The Morgan fingerprint density at radius 2 is 2.22 bits per heavy atom. The molecule has 0 aliphatic carbocycles. The molecule has 6 nitrogen and oxygen atoms in total. The van der Waals surface area contributed by atoms with Gasteiger partial charge in [0.1, 0.15) is 18.0 Å². The van der Waals surface area contributed by atoms with Gasteiger partial charge in [-0.05, 0) is 58.2 Å². The fourth-order valence-corrected chi connectivity index (χ4v) is 2.61. The summed E-state index contributed by atoms with van der Waals surface area (Å²) in [5.41, 5.74) is 6.13. The Balaban J connectivity index is 1.91. The van der Waals surface area contributed by atoms with Gasteiger partial charge in [-0.2, -0.15) is 0 Å². The Kier molecular flexibility index (Phi) is 5.82. The van der Waals surface area contributed by atoms with Crippen LogP contribution >= 0.6 is 0 Å². The van der Waals surface area contributed by atoms with Crippen molar-refractivity contribution >= 4 is 6.09 Å². The van der Waals surface area contributed by atoms with Crippen molar-refractivity contribution < 1.29 is 14.3 Å². The zero-order chi connectivity index (χ0) is 16.9. The quantitative estimate of drug-likeness (QED) is 0.901. The van der Waals surface area contributed by atoms with Crippen LogP contribution in [0.1, 0.15) is 39.2 Å². The van der Waals surface area contributed by atoms with E-state index in [4.69, 9.17) is 15.2 Å². The van der Waals surface area contributed by atoms with Crippen LogP contribution in [0.5, 0.6) is 5.75 Å². The summed E-state index contributed by atoms with van der Waals surface area (Å²) in [6, 6.07) is 2.00. The minimum atomic E-state index is -0.481. The second kappa shape index (κ2) is 7.64. The number of nitrogens with zero attached hydrogens (tertiary/aromatic N) is 2. The van der Waals surface area contributed by atoms with Crippen LogP contribution in [0.3, 0.4) is 0 Å². The number of rotatable bonds is 5. The lowest BCUT2D eigenvalue weighted by Crippen LogP contribution is -2.42. The average Bonchev–Trinajstić information content (AvgIpc) is 2.93. The van der Waals surface area contributed by atoms with Crippen molar-refractivity contribution in [2.45, 2.75) is 51.7 Å². The molecule has 1 aromatic rings. The van der Waals surface area contributed by atoms with Gasteiger partial charge in [-0.25, -0.2) is 4.79 Å². The Morgan fingerprint density at radius 1 is 1.43 bits per heavy atom. The van der Waals surface area contributed by atoms with E-state index in [1.54, 1.807) is 17.3 Å². The Labute approximate surface area is 138 Å². The Bertz CT molecular complexity index is 528. The fraction of sp³-hybridized carbons (Fsp3) is 0.647. The topological polar surface area (TPSA) is 77.7 Å². The van der Waals surface area contributed by atoms with E-state index >= 15 is 0 Å². The highest BCUT2D eigenvalue weighted by molar-refractivity contribution is 5.69. The van der Waals surface area contributed by atoms with Gasteiger partial charge in [-0.15, -0.1) is 0 Å². The lowest BCUT2D eigenvalue weighted by molar-refractivity contribution is 0.0187. The maximum atomic E-state index is 12.2. The van der Waals surface area contributed by atoms with Crippen molar-refractivity contribution in [2.24, 2.45) is 5.73 Å². The molecule has 2 heterocycles. The number of ether oxygens (including phenoxy) is 2. The SMILES string of the molecule is CC(C)(C)OC(=O)N1CCC[C@H]1COc1cncc(CCN)c1. The third-order valence-corrected chi connectivity index (χ3v) is 3.65. The van der Waals surface area contributed by atoms with E-state index in [1.807, 2.05) is 26.8 Å². The number of hydrogen-bond donors (Lipinski definition) is 1. The highest BCUT2D eigenvalue weighted by atomic mass is 16.6. The van der Waals surface area contributed by atoms with Gasteiger partial charge in [0.15, 0.2) is 0 Å². The van der Waals surface area contributed by atoms with Crippen molar-refractivity contribution in [1.29, 1.82) is 0 Å². The number of hydrogen-bond acceptors (Lipinski definition) is 5. The van der Waals surface area contributed by atoms with Crippen LogP contribution in [0.2, 0.25) is 0 Å². The minimum Gasteiger partial charge on any atom is -0.490 e. The van der Waals surface area contributed by atoms with Gasteiger partial charge in [0.25, 0.3) is 0 Å². The molecule has 0 unspecified atom stereocenters. The first-order chi connectivity index (χ1) is 10.9. The minimum absolute atomic E-state index is 0.0445. The third kappa shape index (κ3) is 5.39. The molecular formula is C17H27N3O3. The first-order valence-electron chi connectivity index (χ1n) is 8.15. The molecule has 1 aliphatic heterocycles. The summed E-state index contributed by atoms with van der Waals surface area (Å²) >= 11 is 0. The summed E-state index contributed by atoms with van der Waals surface area (Å²) in [7, 11) is 0. The molecule has 23 heavy (non-hydrogen) atoms. The van der Waals surface area contributed by atoms with E-state index < -0.39 is 5.60 Å². The van der Waals surface area contributed by atoms with Gasteiger partial charge in [0.2, 0.25) is 0 Å². The molecule has 2 N–H and O–H groups in total. The summed E-state index contributed by atoms with van der Waals surface area (Å²) in [4.78, 5) is 18.2. The summed E-state index contributed by atoms with van der Waals surface area (Å²) in [5.74, 6) is 0.715. The fourth-order valence-electron chi connectivity index (χ4n) is 2.61. The van der Waals surface area contributed by atoms with Crippen LogP contribution in [0.25, 0.3) is 0 Å². The van der Waals surface area contributed by atoms with E-state index in [-0.39, 0.29) is 12.1 Å². The summed E-state index contributed by atoms with van der Waals surface area (Å²) < 4.78 is 11.3. The first kappa shape index (κ1) is 17.5. The number of aromatic nitrogens is 1. The molecule has 2 rings (SSSR count). The van der Waals surface area contributed by atoms with E-state index in [9.17, 15) is 4.79 Å². The van der Waals surface area contributed by atoms with Gasteiger partial charge in [-0.3, -0.25) is 4.98 Å². The van der Waals surface area contributed by atoms with Crippen LogP contribution in [0.4, 0.5) is 4.79 Å². The summed E-state index contributed by atoms with van der Waals surface area (Å²) in [6.45, 7) is 7.38. The van der Waals surface area contributed by atoms with Crippen molar-refractivity contribution in [3.63, 3.8) is 0 Å². The zero-order valence-electron chi connectivity index (χ0n) is 14.2. The molecule has 1 aliphatic rings. The molecule has 1 fully saturated rings. The molecule has 128 valence electrons. The van der Waals surface area contributed by atoms with Crippen molar-refractivity contribution in [1.82, 2.24) is 9.88 Å². The van der Waals surface area contributed by atoms with E-state index in [0.29, 0.717) is 25.4 Å². The highest BCUT2D eigenvalue weighted by Crippen LogP contribution is 2.22. The molecule has 1 saturated heterocycles. The molecule has 6 heteroatoms. The smallest absolute Gasteiger partial charge is 0.410 e. The zero-order valence-corrected chi connectivity index (χ0v) is 14.2. The third-order valence-electron chi connectivity index (χ3n) is 3.65. The van der Waals surface area contributed by atoms with Gasteiger partial charge in [-0.1, -0.05) is 0 Å². The molecular weight excluding hydrogens is 294 g/mol.